The summed E-state index contributed by atoms with van der Waals surface area (Å²) in [6.07, 6.45) is 0. The summed E-state index contributed by atoms with van der Waals surface area (Å²) in [5.74, 6) is 0. The van der Waals surface area contributed by atoms with Crippen LogP contribution in [0.3, 0.4) is 0 Å². The highest BCUT2D eigenvalue weighted by Crippen LogP contribution is 2.41. The lowest BCUT2D eigenvalue weighted by atomic mass is 9.99. The average molecular weight is 1150 g/mol. The molecule has 0 N–H and O–H groups in total. The summed E-state index contributed by atoms with van der Waals surface area (Å²) in [7, 11) is -6.36. The average Bonchev–Trinajstić information content (AvgIpc) is 1.42. The largest absolute Gasteiger partial charge is 0.309 e. The fraction of sp³-hybridized carbons (Fsp3) is 0. The number of aromatic nitrogens is 2. The molecule has 0 aliphatic carbocycles. The molecule has 414 valence electrons. The van der Waals surface area contributed by atoms with Gasteiger partial charge in [-0.2, -0.15) is 0 Å². The molecule has 0 amide bonds. The van der Waals surface area contributed by atoms with Crippen molar-refractivity contribution >= 4 is 101 Å². The maximum absolute atomic E-state index is 3.22. The summed E-state index contributed by atoms with van der Waals surface area (Å²) >= 11 is 0. The Morgan fingerprint density at radius 1 is 0.193 bits per heavy atom. The molecule has 0 spiro atoms. The lowest BCUT2D eigenvalue weighted by molar-refractivity contribution is 1.17. The number of benzene rings is 14. The van der Waals surface area contributed by atoms with E-state index < -0.39 is 16.1 Å². The van der Waals surface area contributed by atoms with Crippen LogP contribution in [0.4, 0.5) is 0 Å². The molecule has 14 aromatic carbocycles. The van der Waals surface area contributed by atoms with E-state index in [4.69, 9.17) is 0 Å². The first-order valence-corrected chi connectivity index (χ1v) is 34.5. The van der Waals surface area contributed by atoms with Crippen LogP contribution >= 0.6 is 0 Å². The molecule has 2 aromatic heterocycles. The molecule has 0 saturated heterocycles. The normalized spacial score (nSPS) is 11.9. The van der Waals surface area contributed by atoms with Crippen LogP contribution in [-0.2, 0) is 0 Å². The van der Waals surface area contributed by atoms with Crippen LogP contribution in [0.5, 0.6) is 0 Å². The van der Waals surface area contributed by atoms with Crippen molar-refractivity contribution in [2.24, 2.45) is 0 Å². The Hall–Kier alpha value is -10.9. The standard InChI is InChI=1S/C84H60N2Si2/c1-9-30-61(31-10-1)64-56-65(62-32-11-2-12-33-62)58-74(57-64)87(68-37-15-4-16-38-68,69-39-17-5-18-40-69)73-47-27-36-66(59-73)85-79-55-54-67(86-78-50-26-25-48-76(78)83-75(49-28-51-80(83)86)63-34-13-3-14-35-63)60-77(79)84-81(85)52-29-53-82(84)88(70-41-19-6-20-42-70,71-43-21-7-22-44-71)72-45-23-8-24-46-72/h1-60H. The summed E-state index contributed by atoms with van der Waals surface area (Å²) in [4.78, 5) is 0. The van der Waals surface area contributed by atoms with E-state index in [0.717, 1.165) is 16.9 Å². The Kier molecular flexibility index (Phi) is 13.3. The minimum Gasteiger partial charge on any atom is -0.309 e. The predicted octanol–water partition coefficient (Wildman–Crippen LogP) is 15.6. The molecule has 16 aromatic rings. The van der Waals surface area contributed by atoms with Crippen molar-refractivity contribution in [2.45, 2.75) is 0 Å². The number of hydrogen-bond acceptors (Lipinski definition) is 0. The summed E-state index contributed by atoms with van der Waals surface area (Å²) in [5.41, 5.74) is 14.1. The van der Waals surface area contributed by atoms with Crippen molar-refractivity contribution in [1.29, 1.82) is 0 Å². The molecule has 4 heteroatoms. The number of fused-ring (bicyclic) bond motifs is 6. The number of para-hydroxylation sites is 1. The van der Waals surface area contributed by atoms with Gasteiger partial charge in [0, 0.05) is 32.9 Å². The van der Waals surface area contributed by atoms with Crippen LogP contribution < -0.4 is 41.5 Å². The first-order valence-electron chi connectivity index (χ1n) is 30.5. The fourth-order valence-electron chi connectivity index (χ4n) is 14.7. The summed E-state index contributed by atoms with van der Waals surface area (Å²) in [5, 5.41) is 15.6. The van der Waals surface area contributed by atoms with Crippen molar-refractivity contribution in [3.63, 3.8) is 0 Å². The molecule has 0 saturated carbocycles. The second-order valence-corrected chi connectivity index (χ2v) is 30.6. The van der Waals surface area contributed by atoms with Gasteiger partial charge in [0.1, 0.15) is 0 Å². The van der Waals surface area contributed by atoms with Gasteiger partial charge in [-0.3, -0.25) is 0 Å². The van der Waals surface area contributed by atoms with Crippen LogP contribution in [0.25, 0.3) is 88.4 Å². The lowest BCUT2D eigenvalue weighted by Gasteiger charge is -2.35. The van der Waals surface area contributed by atoms with Gasteiger partial charge < -0.3 is 9.13 Å². The van der Waals surface area contributed by atoms with Crippen molar-refractivity contribution in [1.82, 2.24) is 9.13 Å². The Labute approximate surface area is 515 Å². The van der Waals surface area contributed by atoms with Gasteiger partial charge in [-0.05, 0) is 129 Å². The second kappa shape index (κ2) is 22.2. The third-order valence-corrected chi connectivity index (χ3v) is 27.9. The third kappa shape index (κ3) is 8.59. The molecular formula is C84H60N2Si2. The zero-order valence-corrected chi connectivity index (χ0v) is 50.5. The Balaban J connectivity index is 1.02. The van der Waals surface area contributed by atoms with E-state index in [0.29, 0.717) is 0 Å². The first kappa shape index (κ1) is 52.7. The predicted molar refractivity (Wildman–Crippen MR) is 379 cm³/mol. The van der Waals surface area contributed by atoms with Gasteiger partial charge in [0.25, 0.3) is 0 Å². The van der Waals surface area contributed by atoms with Crippen molar-refractivity contribution in [2.75, 3.05) is 0 Å². The number of hydrogen-bond donors (Lipinski definition) is 0. The number of rotatable bonds is 13. The molecule has 2 heterocycles. The van der Waals surface area contributed by atoms with Gasteiger partial charge in [0.2, 0.25) is 0 Å². The molecule has 0 fully saturated rings. The molecular weight excluding hydrogens is 1090 g/mol. The van der Waals surface area contributed by atoms with Crippen LogP contribution in [0, 0.1) is 0 Å². The molecule has 0 aliphatic rings. The highest BCUT2D eigenvalue weighted by Gasteiger charge is 2.45. The van der Waals surface area contributed by atoms with E-state index in [1.54, 1.807) is 0 Å². The topological polar surface area (TPSA) is 9.86 Å². The highest BCUT2D eigenvalue weighted by atomic mass is 28.3. The molecule has 0 bridgehead atoms. The molecule has 0 unspecified atom stereocenters. The smallest absolute Gasteiger partial charge is 0.180 e. The Bertz CT molecular complexity index is 4970. The quantitative estimate of drug-likeness (QED) is 0.0804. The molecule has 0 aliphatic heterocycles. The molecule has 2 nitrogen and oxygen atoms in total. The molecule has 88 heavy (non-hydrogen) atoms. The third-order valence-electron chi connectivity index (χ3n) is 18.4. The van der Waals surface area contributed by atoms with E-state index >= 15 is 0 Å². The van der Waals surface area contributed by atoms with Crippen LogP contribution in [0.1, 0.15) is 0 Å². The maximum atomic E-state index is 2.59. The van der Waals surface area contributed by atoms with Gasteiger partial charge in [-0.25, -0.2) is 0 Å². The molecule has 0 atom stereocenters. The Morgan fingerprint density at radius 3 is 1.10 bits per heavy atom. The van der Waals surface area contributed by atoms with E-state index in [2.05, 4.69) is 373 Å². The summed E-state index contributed by atoms with van der Waals surface area (Å²) in [6, 6.07) is 137. The van der Waals surface area contributed by atoms with Crippen LogP contribution in [-0.4, -0.2) is 25.3 Å². The zero-order valence-electron chi connectivity index (χ0n) is 48.5. The highest BCUT2D eigenvalue weighted by molar-refractivity contribution is 7.21. The van der Waals surface area contributed by atoms with E-state index in [-0.39, 0.29) is 0 Å². The van der Waals surface area contributed by atoms with Gasteiger partial charge in [-0.1, -0.05) is 309 Å². The molecule has 16 rings (SSSR count). The van der Waals surface area contributed by atoms with E-state index in [1.807, 2.05) is 0 Å². The van der Waals surface area contributed by atoms with Crippen molar-refractivity contribution in [3.8, 4) is 44.8 Å². The minimum absolute atomic E-state index is 1.12. The fourth-order valence-corrected chi connectivity index (χ4v) is 24.5. The van der Waals surface area contributed by atoms with E-state index in [9.17, 15) is 0 Å². The van der Waals surface area contributed by atoms with Crippen LogP contribution in [0.2, 0.25) is 0 Å². The minimum atomic E-state index is -3.22. The van der Waals surface area contributed by atoms with E-state index in [1.165, 1.54) is 113 Å². The lowest BCUT2D eigenvalue weighted by Crippen LogP contribution is -2.74. The summed E-state index contributed by atoms with van der Waals surface area (Å²) < 4.78 is 5.10. The van der Waals surface area contributed by atoms with Crippen LogP contribution in [0.15, 0.2) is 364 Å². The zero-order chi connectivity index (χ0) is 58.4. The van der Waals surface area contributed by atoms with Crippen molar-refractivity contribution in [3.05, 3.63) is 364 Å². The number of nitrogens with zero attached hydrogens (tertiary/aromatic N) is 2. The van der Waals surface area contributed by atoms with Gasteiger partial charge in [-0.15, -0.1) is 0 Å². The van der Waals surface area contributed by atoms with Crippen molar-refractivity contribution < 1.29 is 0 Å². The van der Waals surface area contributed by atoms with Gasteiger partial charge >= 0.3 is 0 Å². The van der Waals surface area contributed by atoms with Gasteiger partial charge in [0.15, 0.2) is 16.1 Å². The Morgan fingerprint density at radius 2 is 0.580 bits per heavy atom. The summed E-state index contributed by atoms with van der Waals surface area (Å²) in [6.45, 7) is 0. The second-order valence-electron chi connectivity index (χ2n) is 23.1. The maximum Gasteiger partial charge on any atom is 0.180 e. The molecule has 0 radical (unpaired) electrons. The monoisotopic (exact) mass is 1150 g/mol. The van der Waals surface area contributed by atoms with Gasteiger partial charge in [0.05, 0.1) is 22.1 Å². The SMILES string of the molecule is c1ccc(-c2cc(-c3ccccc3)cc([Si](c3ccccc3)(c3ccccc3)c3cccc(-n4c5ccc(-n6c7ccccc7c7c(-c8ccccc8)cccc76)cc5c5c([Si](c6ccccc6)(c6ccccc6)c6ccccc6)cccc54)c3)c2)cc1. The first-order chi connectivity index (χ1) is 43.7.